The molecule has 3 nitrogen and oxygen atoms in total. The zero-order chi connectivity index (χ0) is 14.8. The van der Waals surface area contributed by atoms with E-state index in [0.717, 1.165) is 23.5 Å². The van der Waals surface area contributed by atoms with E-state index < -0.39 is 0 Å². The Bertz CT molecular complexity index is 623. The van der Waals surface area contributed by atoms with Crippen molar-refractivity contribution >= 4 is 11.3 Å². The van der Waals surface area contributed by atoms with E-state index in [1.165, 1.54) is 9.75 Å². The molecular weight excluding hydrogens is 282 g/mol. The molecule has 0 saturated carbocycles. The second-order valence-corrected chi connectivity index (χ2v) is 6.77. The molecule has 2 N–H and O–H groups in total. The zero-order valence-corrected chi connectivity index (χ0v) is 13.3. The molecule has 0 radical (unpaired) electrons. The molecular formula is C17H21NO2S. The van der Waals surface area contributed by atoms with Crippen LogP contribution < -0.4 is 15.2 Å². The number of hydrogen-bond acceptors (Lipinski definition) is 4. The Hall–Kier alpha value is -1.52. The van der Waals surface area contributed by atoms with Crippen molar-refractivity contribution in [2.75, 3.05) is 13.2 Å². The van der Waals surface area contributed by atoms with Crippen LogP contribution in [-0.4, -0.2) is 13.2 Å². The van der Waals surface area contributed by atoms with E-state index in [1.54, 1.807) is 11.3 Å². The van der Waals surface area contributed by atoms with Gasteiger partial charge in [0.05, 0.1) is 19.3 Å². The lowest BCUT2D eigenvalue weighted by Crippen LogP contribution is -2.12. The molecule has 2 atom stereocenters. The molecule has 2 unspecified atom stereocenters. The summed E-state index contributed by atoms with van der Waals surface area (Å²) < 4.78 is 11.6. The minimum absolute atomic E-state index is 0.107. The van der Waals surface area contributed by atoms with Crippen molar-refractivity contribution in [3.05, 3.63) is 45.6 Å². The van der Waals surface area contributed by atoms with Gasteiger partial charge < -0.3 is 15.2 Å². The predicted molar refractivity (Wildman–Crippen MR) is 86.3 cm³/mol. The molecule has 0 amide bonds. The van der Waals surface area contributed by atoms with E-state index in [2.05, 4.69) is 26.0 Å². The van der Waals surface area contributed by atoms with E-state index in [-0.39, 0.29) is 6.04 Å². The summed E-state index contributed by atoms with van der Waals surface area (Å²) in [5.74, 6) is 2.02. The summed E-state index contributed by atoms with van der Waals surface area (Å²) in [6, 6.07) is 10.2. The van der Waals surface area contributed by atoms with Gasteiger partial charge in [-0.1, -0.05) is 19.9 Å². The van der Waals surface area contributed by atoms with E-state index in [4.69, 9.17) is 15.2 Å². The second kappa shape index (κ2) is 6.08. The predicted octanol–water partition coefficient (Wildman–Crippen LogP) is 3.77. The Balaban J connectivity index is 1.86. The third-order valence-corrected chi connectivity index (χ3v) is 5.02. The first-order valence-electron chi connectivity index (χ1n) is 7.41. The van der Waals surface area contributed by atoms with Crippen LogP contribution in [0.5, 0.6) is 11.5 Å². The molecule has 21 heavy (non-hydrogen) atoms. The Kier molecular flexibility index (Phi) is 4.17. The average Bonchev–Trinajstić information content (AvgIpc) is 2.91. The number of aryl methyl sites for hydroxylation is 1. The van der Waals surface area contributed by atoms with Gasteiger partial charge >= 0.3 is 0 Å². The molecule has 0 bridgehead atoms. The number of thiophene rings is 1. The van der Waals surface area contributed by atoms with Gasteiger partial charge in [0, 0.05) is 15.7 Å². The molecule has 1 aliphatic rings. The Morgan fingerprint density at radius 3 is 2.67 bits per heavy atom. The summed E-state index contributed by atoms with van der Waals surface area (Å²) in [5, 5.41) is 0. The van der Waals surface area contributed by atoms with Crippen molar-refractivity contribution in [1.29, 1.82) is 0 Å². The van der Waals surface area contributed by atoms with Gasteiger partial charge in [-0.25, -0.2) is 0 Å². The largest absolute Gasteiger partial charge is 0.489 e. The van der Waals surface area contributed by atoms with Crippen molar-refractivity contribution in [2.24, 2.45) is 11.7 Å². The highest BCUT2D eigenvalue weighted by Gasteiger charge is 2.18. The van der Waals surface area contributed by atoms with Crippen LogP contribution in [0, 0.1) is 5.92 Å². The van der Waals surface area contributed by atoms with Gasteiger partial charge in [-0.3, -0.25) is 0 Å². The Labute approximate surface area is 129 Å². The summed E-state index contributed by atoms with van der Waals surface area (Å²) in [6.07, 6.45) is 1.05. The van der Waals surface area contributed by atoms with Gasteiger partial charge in [0.15, 0.2) is 11.5 Å². The van der Waals surface area contributed by atoms with E-state index in [1.807, 2.05) is 18.2 Å². The van der Waals surface area contributed by atoms with Gasteiger partial charge in [0.1, 0.15) is 0 Å². The maximum Gasteiger partial charge on any atom is 0.161 e. The highest BCUT2D eigenvalue weighted by molar-refractivity contribution is 7.12. The van der Waals surface area contributed by atoms with Gasteiger partial charge in [-0.2, -0.15) is 0 Å². The van der Waals surface area contributed by atoms with Crippen molar-refractivity contribution in [2.45, 2.75) is 26.3 Å². The van der Waals surface area contributed by atoms with Crippen LogP contribution in [0.3, 0.4) is 0 Å². The van der Waals surface area contributed by atoms with Gasteiger partial charge in [0.25, 0.3) is 0 Å². The number of nitrogens with two attached hydrogens (primary N) is 1. The molecule has 4 heteroatoms. The van der Waals surface area contributed by atoms with Crippen LogP contribution in [0.1, 0.15) is 35.2 Å². The normalized spacial score (nSPS) is 19.1. The summed E-state index contributed by atoms with van der Waals surface area (Å²) >= 11 is 1.78. The number of ether oxygens (including phenoxy) is 2. The first-order chi connectivity index (χ1) is 10.2. The molecule has 112 valence electrons. The van der Waals surface area contributed by atoms with Crippen molar-refractivity contribution < 1.29 is 9.47 Å². The quantitative estimate of drug-likeness (QED) is 0.939. The molecule has 0 spiro atoms. The summed E-state index contributed by atoms with van der Waals surface area (Å²) in [7, 11) is 0. The monoisotopic (exact) mass is 303 g/mol. The molecule has 3 rings (SSSR count). The van der Waals surface area contributed by atoms with Crippen LogP contribution >= 0.6 is 11.3 Å². The third kappa shape index (κ3) is 3.06. The van der Waals surface area contributed by atoms with Crippen molar-refractivity contribution in [3.8, 4) is 11.5 Å². The molecule has 0 aliphatic carbocycles. The maximum absolute atomic E-state index is 6.40. The minimum atomic E-state index is -0.107. The molecule has 0 fully saturated rings. The van der Waals surface area contributed by atoms with Gasteiger partial charge in [-0.15, -0.1) is 11.3 Å². The zero-order valence-electron chi connectivity index (χ0n) is 12.5. The van der Waals surface area contributed by atoms with Crippen LogP contribution in [0.25, 0.3) is 0 Å². The van der Waals surface area contributed by atoms with Crippen LogP contribution in [-0.2, 0) is 6.42 Å². The first kappa shape index (κ1) is 14.4. The molecule has 0 saturated heterocycles. The van der Waals surface area contributed by atoms with Gasteiger partial charge in [-0.05, 0) is 36.2 Å². The highest BCUT2D eigenvalue weighted by atomic mass is 32.1. The van der Waals surface area contributed by atoms with E-state index >= 15 is 0 Å². The van der Waals surface area contributed by atoms with Crippen molar-refractivity contribution in [3.63, 3.8) is 0 Å². The summed E-state index contributed by atoms with van der Waals surface area (Å²) in [6.45, 7) is 5.67. The average molecular weight is 303 g/mol. The maximum atomic E-state index is 6.40. The first-order valence-corrected chi connectivity index (χ1v) is 8.22. The molecule has 1 aromatic heterocycles. The summed E-state index contributed by atoms with van der Waals surface area (Å²) in [4.78, 5) is 2.55. The smallest absolute Gasteiger partial charge is 0.161 e. The lowest BCUT2D eigenvalue weighted by molar-refractivity contribution is 0.228. The van der Waals surface area contributed by atoms with Crippen LogP contribution in [0.15, 0.2) is 30.3 Å². The van der Waals surface area contributed by atoms with Crippen molar-refractivity contribution in [1.82, 2.24) is 0 Å². The van der Waals surface area contributed by atoms with Crippen LogP contribution in [0.2, 0.25) is 0 Å². The third-order valence-electron chi connectivity index (χ3n) is 3.71. The number of hydrogen-bond donors (Lipinski definition) is 1. The Morgan fingerprint density at radius 2 is 1.95 bits per heavy atom. The van der Waals surface area contributed by atoms with Gasteiger partial charge in [0.2, 0.25) is 0 Å². The summed E-state index contributed by atoms with van der Waals surface area (Å²) in [5.41, 5.74) is 7.46. The fourth-order valence-corrected chi connectivity index (χ4v) is 3.36. The number of fused-ring (bicyclic) bond motifs is 1. The topological polar surface area (TPSA) is 44.5 Å². The molecule has 2 heterocycles. The molecule has 1 aliphatic heterocycles. The highest BCUT2D eigenvalue weighted by Crippen LogP contribution is 2.35. The van der Waals surface area contributed by atoms with E-state index in [9.17, 15) is 0 Å². The molecule has 1 aromatic carbocycles. The SMILES string of the molecule is CCc1ccc(C(N)c2ccc3c(c2)OCC(C)CO3)s1. The Morgan fingerprint density at radius 1 is 1.19 bits per heavy atom. The molecule has 2 aromatic rings. The minimum Gasteiger partial charge on any atom is -0.489 e. The lowest BCUT2D eigenvalue weighted by Gasteiger charge is -2.13. The second-order valence-electron chi connectivity index (χ2n) is 5.57. The number of benzene rings is 1. The number of rotatable bonds is 3. The van der Waals surface area contributed by atoms with E-state index in [0.29, 0.717) is 19.1 Å². The lowest BCUT2D eigenvalue weighted by atomic mass is 10.1. The fourth-order valence-electron chi connectivity index (χ4n) is 2.38. The standard InChI is InChI=1S/C17H21NO2S/c1-3-13-5-7-16(21-13)17(18)12-4-6-14-15(8-12)20-10-11(2)9-19-14/h4-8,11,17H,3,9-10,18H2,1-2H3. The fraction of sp³-hybridized carbons (Fsp3) is 0.412. The van der Waals surface area contributed by atoms with Crippen LogP contribution in [0.4, 0.5) is 0 Å².